The topological polar surface area (TPSA) is 46.5 Å². The molecular weight excluding hydrogens is 356 g/mol. The van der Waals surface area contributed by atoms with Gasteiger partial charge in [0, 0.05) is 16.6 Å². The van der Waals surface area contributed by atoms with Gasteiger partial charge in [0.05, 0.1) is 18.1 Å². The van der Waals surface area contributed by atoms with E-state index in [2.05, 4.69) is 13.8 Å². The number of carboxylic acid groups (broad SMARTS) is 1. The predicted octanol–water partition coefficient (Wildman–Crippen LogP) is 5.47. The number of aryl methyl sites for hydroxylation is 1. The fourth-order valence-corrected chi connectivity index (χ4v) is 3.76. The van der Waals surface area contributed by atoms with Crippen LogP contribution in [-0.4, -0.2) is 23.4 Å². The molecule has 0 fully saturated rings. The number of carboxylic acids is 1. The van der Waals surface area contributed by atoms with Crippen molar-refractivity contribution < 1.29 is 14.6 Å². The van der Waals surface area contributed by atoms with Crippen LogP contribution in [0.15, 0.2) is 47.4 Å². The van der Waals surface area contributed by atoms with E-state index in [9.17, 15) is 4.79 Å². The zero-order chi connectivity index (χ0) is 18.2. The molecule has 2 aromatic rings. The Morgan fingerprint density at radius 3 is 2.56 bits per heavy atom. The number of hydrogen-bond acceptors (Lipinski definition) is 3. The molecule has 0 heterocycles. The van der Waals surface area contributed by atoms with Gasteiger partial charge in [-0.15, -0.1) is 11.8 Å². The predicted molar refractivity (Wildman–Crippen MR) is 104 cm³/mol. The summed E-state index contributed by atoms with van der Waals surface area (Å²) < 4.78 is 5.88. The lowest BCUT2D eigenvalue weighted by Crippen LogP contribution is -2.13. The summed E-state index contributed by atoms with van der Waals surface area (Å²) in [7, 11) is 0. The van der Waals surface area contributed by atoms with Crippen molar-refractivity contribution in [2.75, 3.05) is 12.4 Å². The Balaban J connectivity index is 1.87. The van der Waals surface area contributed by atoms with E-state index in [1.54, 1.807) is 17.8 Å². The Bertz CT molecular complexity index is 701. The highest BCUT2D eigenvalue weighted by Gasteiger charge is 2.11. The maximum Gasteiger partial charge on any atom is 0.307 e. The monoisotopic (exact) mass is 378 g/mol. The van der Waals surface area contributed by atoms with Gasteiger partial charge in [0.25, 0.3) is 0 Å². The van der Waals surface area contributed by atoms with E-state index in [1.807, 2.05) is 36.4 Å². The minimum atomic E-state index is -0.851. The Labute approximate surface area is 158 Å². The van der Waals surface area contributed by atoms with E-state index >= 15 is 0 Å². The molecule has 0 aromatic heterocycles. The summed E-state index contributed by atoms with van der Waals surface area (Å²) in [4.78, 5) is 11.7. The first-order valence-corrected chi connectivity index (χ1v) is 9.66. The van der Waals surface area contributed by atoms with Gasteiger partial charge in [0.15, 0.2) is 0 Å². The summed E-state index contributed by atoms with van der Waals surface area (Å²) in [6.45, 7) is 4.88. The van der Waals surface area contributed by atoms with Crippen molar-refractivity contribution in [3.05, 3.63) is 58.6 Å². The molecule has 0 aliphatic heterocycles. The number of ether oxygens (including phenoxy) is 1. The van der Waals surface area contributed by atoms with Crippen LogP contribution in [0, 0.1) is 12.8 Å². The van der Waals surface area contributed by atoms with Gasteiger partial charge in [-0.2, -0.15) is 0 Å². The number of thioether (sulfide) groups is 1. The first kappa shape index (κ1) is 19.7. The van der Waals surface area contributed by atoms with Gasteiger partial charge >= 0.3 is 5.97 Å². The zero-order valence-electron chi connectivity index (χ0n) is 14.5. The molecule has 0 saturated carbocycles. The Kier molecular flexibility index (Phi) is 7.66. The van der Waals surface area contributed by atoms with Crippen LogP contribution in [0.4, 0.5) is 0 Å². The van der Waals surface area contributed by atoms with Gasteiger partial charge in [-0.3, -0.25) is 4.79 Å². The van der Waals surface area contributed by atoms with Gasteiger partial charge < -0.3 is 9.84 Å². The Morgan fingerprint density at radius 1 is 1.24 bits per heavy atom. The lowest BCUT2D eigenvalue weighted by molar-refractivity contribution is -0.136. The third-order valence-electron chi connectivity index (χ3n) is 3.91. The molecule has 1 N–H and O–H groups in total. The molecule has 0 aliphatic rings. The highest BCUT2D eigenvalue weighted by atomic mass is 35.5. The van der Waals surface area contributed by atoms with Crippen molar-refractivity contribution in [3.63, 3.8) is 0 Å². The lowest BCUT2D eigenvalue weighted by Gasteiger charge is -2.16. The molecule has 1 atom stereocenters. The number of aliphatic carboxylic acids is 1. The highest BCUT2D eigenvalue weighted by molar-refractivity contribution is 7.99. The molecule has 5 heteroatoms. The molecule has 0 bridgehead atoms. The van der Waals surface area contributed by atoms with E-state index in [4.69, 9.17) is 21.4 Å². The largest absolute Gasteiger partial charge is 0.493 e. The fraction of sp³-hybridized carbons (Fsp3) is 0.350. The standard InChI is InChI=1S/C20H23ClO3S/c1-3-15(12-24-17-7-4-14(2)5-8-17)13-25-19-9-6-16(10-18(19)21)11-20(22)23/h4-10,15H,3,11-13H2,1-2H3,(H,22,23). The molecule has 0 saturated heterocycles. The van der Waals surface area contributed by atoms with E-state index in [1.165, 1.54) is 5.56 Å². The van der Waals surface area contributed by atoms with E-state index in [0.29, 0.717) is 17.5 Å². The maximum absolute atomic E-state index is 10.8. The molecule has 25 heavy (non-hydrogen) atoms. The molecule has 0 radical (unpaired) electrons. The van der Waals surface area contributed by atoms with Gasteiger partial charge in [0.1, 0.15) is 5.75 Å². The zero-order valence-corrected chi connectivity index (χ0v) is 16.1. The second-order valence-corrected chi connectivity index (χ2v) is 7.51. The first-order chi connectivity index (χ1) is 12.0. The molecule has 0 amide bonds. The summed E-state index contributed by atoms with van der Waals surface area (Å²) in [5, 5.41) is 9.45. The van der Waals surface area contributed by atoms with Crippen molar-refractivity contribution in [2.24, 2.45) is 5.92 Å². The Hall–Kier alpha value is -1.65. The van der Waals surface area contributed by atoms with Crippen molar-refractivity contribution >= 4 is 29.3 Å². The van der Waals surface area contributed by atoms with Crippen molar-refractivity contribution in [1.29, 1.82) is 0 Å². The van der Waals surface area contributed by atoms with Crippen LogP contribution < -0.4 is 4.74 Å². The number of halogens is 1. The van der Waals surface area contributed by atoms with E-state index < -0.39 is 5.97 Å². The molecule has 3 nitrogen and oxygen atoms in total. The summed E-state index contributed by atoms with van der Waals surface area (Å²) >= 11 is 7.97. The molecule has 2 rings (SSSR count). The van der Waals surface area contributed by atoms with Crippen LogP contribution in [0.3, 0.4) is 0 Å². The van der Waals surface area contributed by atoms with Crippen molar-refractivity contribution in [3.8, 4) is 5.75 Å². The number of rotatable bonds is 9. The minimum Gasteiger partial charge on any atom is -0.493 e. The first-order valence-electron chi connectivity index (χ1n) is 8.30. The van der Waals surface area contributed by atoms with Crippen LogP contribution in [0.1, 0.15) is 24.5 Å². The van der Waals surface area contributed by atoms with Gasteiger partial charge in [-0.05, 0) is 43.2 Å². The summed E-state index contributed by atoms with van der Waals surface area (Å²) in [6, 6.07) is 13.5. The molecule has 0 spiro atoms. The average Bonchev–Trinajstić information content (AvgIpc) is 2.57. The third-order valence-corrected chi connectivity index (χ3v) is 5.64. The van der Waals surface area contributed by atoms with Gasteiger partial charge in [-0.1, -0.05) is 42.3 Å². The van der Waals surface area contributed by atoms with Crippen LogP contribution in [0.5, 0.6) is 5.75 Å². The molecule has 2 aromatic carbocycles. The van der Waals surface area contributed by atoms with E-state index in [-0.39, 0.29) is 6.42 Å². The molecule has 0 aliphatic carbocycles. The smallest absolute Gasteiger partial charge is 0.307 e. The quantitative estimate of drug-likeness (QED) is 0.587. The van der Waals surface area contributed by atoms with Crippen molar-refractivity contribution in [1.82, 2.24) is 0 Å². The molecular formula is C20H23ClO3S. The lowest BCUT2D eigenvalue weighted by atomic mass is 10.1. The summed E-state index contributed by atoms with van der Waals surface area (Å²) in [5.41, 5.74) is 1.94. The summed E-state index contributed by atoms with van der Waals surface area (Å²) in [6.07, 6.45) is 1.01. The highest BCUT2D eigenvalue weighted by Crippen LogP contribution is 2.30. The normalized spacial score (nSPS) is 12.0. The molecule has 134 valence electrons. The number of carbonyl (C=O) groups is 1. The number of hydrogen-bond donors (Lipinski definition) is 1. The second kappa shape index (κ2) is 9.73. The second-order valence-electron chi connectivity index (χ2n) is 6.04. The summed E-state index contributed by atoms with van der Waals surface area (Å²) in [5.74, 6) is 1.36. The Morgan fingerprint density at radius 2 is 1.96 bits per heavy atom. The fourth-order valence-electron chi connectivity index (χ4n) is 2.29. The maximum atomic E-state index is 10.8. The van der Waals surface area contributed by atoms with Gasteiger partial charge in [-0.25, -0.2) is 0 Å². The van der Waals surface area contributed by atoms with E-state index in [0.717, 1.165) is 28.4 Å². The van der Waals surface area contributed by atoms with Crippen LogP contribution in [0.2, 0.25) is 5.02 Å². The average molecular weight is 379 g/mol. The minimum absolute atomic E-state index is 0.00730. The van der Waals surface area contributed by atoms with Gasteiger partial charge in [0.2, 0.25) is 0 Å². The number of benzene rings is 2. The van der Waals surface area contributed by atoms with Crippen LogP contribution in [-0.2, 0) is 11.2 Å². The van der Waals surface area contributed by atoms with Crippen LogP contribution >= 0.6 is 23.4 Å². The SMILES string of the molecule is CCC(COc1ccc(C)cc1)CSc1ccc(CC(=O)O)cc1Cl. The van der Waals surface area contributed by atoms with Crippen molar-refractivity contribution in [2.45, 2.75) is 31.6 Å². The third kappa shape index (κ3) is 6.63. The van der Waals surface area contributed by atoms with Crippen LogP contribution in [0.25, 0.3) is 0 Å². The molecule has 1 unspecified atom stereocenters.